The third kappa shape index (κ3) is 3.43. The van der Waals surface area contributed by atoms with Crippen molar-refractivity contribution >= 4 is 5.97 Å². The van der Waals surface area contributed by atoms with Crippen LogP contribution in [0.5, 0.6) is 5.75 Å². The first-order valence-electron chi connectivity index (χ1n) is 5.08. The Balaban J connectivity index is 2.81. The van der Waals surface area contributed by atoms with Gasteiger partial charge < -0.3 is 9.47 Å². The summed E-state index contributed by atoms with van der Waals surface area (Å²) in [6, 6.07) is 0.0300. The molecule has 0 amide bonds. The molecule has 0 aliphatic rings. The Hall–Kier alpha value is -1.63. The summed E-state index contributed by atoms with van der Waals surface area (Å²) in [6.07, 6.45) is -0.287. The van der Waals surface area contributed by atoms with Gasteiger partial charge >= 0.3 is 5.97 Å². The van der Waals surface area contributed by atoms with Crippen LogP contribution >= 0.6 is 0 Å². The minimum atomic E-state index is -1.75. The molecule has 1 aromatic rings. The zero-order valence-corrected chi connectivity index (χ0v) is 9.44. The van der Waals surface area contributed by atoms with Crippen LogP contribution < -0.4 is 4.74 Å². The molecule has 100 valence electrons. The van der Waals surface area contributed by atoms with E-state index in [2.05, 4.69) is 4.74 Å². The summed E-state index contributed by atoms with van der Waals surface area (Å²) in [6.45, 7) is 2.02. The van der Waals surface area contributed by atoms with E-state index in [9.17, 15) is 22.4 Å². The van der Waals surface area contributed by atoms with E-state index in [0.717, 1.165) is 0 Å². The predicted molar refractivity (Wildman–Crippen MR) is 53.0 cm³/mol. The van der Waals surface area contributed by atoms with Gasteiger partial charge in [-0.15, -0.1) is 0 Å². The highest BCUT2D eigenvalue weighted by atomic mass is 19.2. The molecule has 0 bridgehead atoms. The van der Waals surface area contributed by atoms with Gasteiger partial charge in [-0.3, -0.25) is 4.79 Å². The molecule has 0 saturated heterocycles. The Labute approximate surface area is 100 Å². The smallest absolute Gasteiger partial charge is 0.313 e. The van der Waals surface area contributed by atoms with Crippen LogP contribution in [0.4, 0.5) is 17.6 Å². The lowest BCUT2D eigenvalue weighted by molar-refractivity contribution is -0.136. The number of carbonyl (C=O) groups excluding carboxylic acids is 1. The number of hydrogen-bond acceptors (Lipinski definition) is 3. The Morgan fingerprint density at radius 3 is 2.22 bits per heavy atom. The summed E-state index contributed by atoms with van der Waals surface area (Å²) < 4.78 is 60.8. The van der Waals surface area contributed by atoms with E-state index >= 15 is 0 Å². The average Bonchev–Trinajstić information content (AvgIpc) is 2.32. The summed E-state index contributed by atoms with van der Waals surface area (Å²) in [7, 11) is 0. The van der Waals surface area contributed by atoms with Gasteiger partial charge in [0.25, 0.3) is 0 Å². The van der Waals surface area contributed by atoms with Gasteiger partial charge in [-0.25, -0.2) is 8.78 Å². The predicted octanol–water partition coefficient (Wildman–Crippen LogP) is 2.58. The van der Waals surface area contributed by atoms with E-state index in [1.807, 2.05) is 0 Å². The summed E-state index contributed by atoms with van der Waals surface area (Å²) in [5.41, 5.74) is 0. The number of carbonyl (C=O) groups is 1. The molecule has 0 aliphatic carbocycles. The zero-order chi connectivity index (χ0) is 13.7. The third-order valence-electron chi connectivity index (χ3n) is 1.94. The van der Waals surface area contributed by atoms with E-state index in [1.165, 1.54) is 0 Å². The monoisotopic (exact) mass is 266 g/mol. The average molecular weight is 266 g/mol. The molecular weight excluding hydrogens is 256 g/mol. The van der Waals surface area contributed by atoms with Crippen molar-refractivity contribution < 1.29 is 31.8 Å². The van der Waals surface area contributed by atoms with Crippen LogP contribution in [0.2, 0.25) is 0 Å². The van der Waals surface area contributed by atoms with Crippen molar-refractivity contribution in [2.24, 2.45) is 0 Å². The molecule has 1 rings (SSSR count). The molecule has 3 nitrogen and oxygen atoms in total. The van der Waals surface area contributed by atoms with E-state index in [0.29, 0.717) is 6.61 Å². The van der Waals surface area contributed by atoms with Crippen molar-refractivity contribution in [3.8, 4) is 5.75 Å². The minimum Gasteiger partial charge on any atom is -0.420 e. The molecule has 7 heteroatoms. The molecule has 0 radical (unpaired) electrons. The van der Waals surface area contributed by atoms with E-state index < -0.39 is 35.0 Å². The van der Waals surface area contributed by atoms with Crippen molar-refractivity contribution in [1.82, 2.24) is 0 Å². The second-order valence-electron chi connectivity index (χ2n) is 3.22. The van der Waals surface area contributed by atoms with Crippen LogP contribution in [0, 0.1) is 23.3 Å². The Morgan fingerprint density at radius 1 is 1.17 bits per heavy atom. The number of benzene rings is 1. The molecule has 0 fully saturated rings. The fraction of sp³-hybridized carbons (Fsp3) is 0.364. The van der Waals surface area contributed by atoms with Crippen molar-refractivity contribution in [1.29, 1.82) is 0 Å². The number of halogens is 4. The first-order valence-corrected chi connectivity index (χ1v) is 5.08. The van der Waals surface area contributed by atoms with Gasteiger partial charge in [-0.1, -0.05) is 0 Å². The van der Waals surface area contributed by atoms with Gasteiger partial charge in [-0.2, -0.15) is 8.78 Å². The molecule has 0 N–H and O–H groups in total. The molecule has 18 heavy (non-hydrogen) atoms. The fourth-order valence-corrected chi connectivity index (χ4v) is 1.11. The molecule has 0 saturated carbocycles. The molecule has 0 heterocycles. The molecule has 0 unspecified atom stereocenters. The van der Waals surface area contributed by atoms with E-state index in [-0.39, 0.29) is 19.1 Å². The minimum absolute atomic E-state index is 0.0175. The maximum absolute atomic E-state index is 13.1. The van der Waals surface area contributed by atoms with Gasteiger partial charge in [0, 0.05) is 12.7 Å². The SMILES string of the molecule is CCOCCC(=O)Oc1c(F)c(F)cc(F)c1F. The Kier molecular flexibility index (Phi) is 5.08. The summed E-state index contributed by atoms with van der Waals surface area (Å²) in [5, 5.41) is 0. The lowest BCUT2D eigenvalue weighted by Gasteiger charge is -2.07. The third-order valence-corrected chi connectivity index (χ3v) is 1.94. The van der Waals surface area contributed by atoms with Crippen molar-refractivity contribution in [2.45, 2.75) is 13.3 Å². The standard InChI is InChI=1S/C11H10F4O3/c1-2-17-4-3-8(16)18-11-9(14)6(12)5-7(13)10(11)15/h5H,2-4H2,1H3. The number of esters is 1. The normalized spacial score (nSPS) is 10.5. The van der Waals surface area contributed by atoms with Gasteiger partial charge in [0.1, 0.15) is 0 Å². The second kappa shape index (κ2) is 6.34. The number of rotatable bonds is 5. The van der Waals surface area contributed by atoms with E-state index in [1.54, 1.807) is 6.92 Å². The fourth-order valence-electron chi connectivity index (χ4n) is 1.11. The summed E-state index contributed by atoms with van der Waals surface area (Å²) in [5.74, 6) is -9.21. The van der Waals surface area contributed by atoms with Crippen molar-refractivity contribution in [3.63, 3.8) is 0 Å². The van der Waals surface area contributed by atoms with Crippen LogP contribution in [0.1, 0.15) is 13.3 Å². The van der Waals surface area contributed by atoms with Gasteiger partial charge in [-0.05, 0) is 6.92 Å². The van der Waals surface area contributed by atoms with Gasteiger partial charge in [0.15, 0.2) is 11.6 Å². The lowest BCUT2D eigenvalue weighted by Crippen LogP contribution is -2.14. The maximum Gasteiger partial charge on any atom is 0.313 e. The van der Waals surface area contributed by atoms with Crippen LogP contribution in [-0.4, -0.2) is 19.2 Å². The zero-order valence-electron chi connectivity index (χ0n) is 9.44. The first kappa shape index (κ1) is 14.4. The summed E-state index contributed by atoms with van der Waals surface area (Å²) >= 11 is 0. The maximum atomic E-state index is 13.1. The Bertz CT molecular complexity index is 422. The topological polar surface area (TPSA) is 35.5 Å². The van der Waals surface area contributed by atoms with Crippen LogP contribution in [0.3, 0.4) is 0 Å². The first-order chi connectivity index (χ1) is 8.47. The molecule has 0 aliphatic heterocycles. The lowest BCUT2D eigenvalue weighted by atomic mass is 10.3. The van der Waals surface area contributed by atoms with Gasteiger partial charge in [0.2, 0.25) is 17.4 Å². The van der Waals surface area contributed by atoms with Crippen LogP contribution in [0.25, 0.3) is 0 Å². The molecular formula is C11H10F4O3. The quantitative estimate of drug-likeness (QED) is 0.270. The van der Waals surface area contributed by atoms with Crippen LogP contribution in [0.15, 0.2) is 6.07 Å². The van der Waals surface area contributed by atoms with Gasteiger partial charge in [0.05, 0.1) is 13.0 Å². The Morgan fingerprint density at radius 2 is 1.72 bits per heavy atom. The highest BCUT2D eigenvalue weighted by molar-refractivity contribution is 5.72. The van der Waals surface area contributed by atoms with Crippen LogP contribution in [-0.2, 0) is 9.53 Å². The number of hydrogen-bond donors (Lipinski definition) is 0. The second-order valence-corrected chi connectivity index (χ2v) is 3.22. The molecule has 0 spiro atoms. The summed E-state index contributed by atoms with van der Waals surface area (Å²) in [4.78, 5) is 11.1. The molecule has 0 atom stereocenters. The molecule has 0 aromatic heterocycles. The largest absolute Gasteiger partial charge is 0.420 e. The molecule has 1 aromatic carbocycles. The number of ether oxygens (including phenoxy) is 2. The van der Waals surface area contributed by atoms with Crippen molar-refractivity contribution in [3.05, 3.63) is 29.3 Å². The highest BCUT2D eigenvalue weighted by Crippen LogP contribution is 2.26. The highest BCUT2D eigenvalue weighted by Gasteiger charge is 2.22. The van der Waals surface area contributed by atoms with Crippen molar-refractivity contribution in [2.75, 3.05) is 13.2 Å². The van der Waals surface area contributed by atoms with E-state index in [4.69, 9.17) is 4.74 Å².